The predicted octanol–water partition coefficient (Wildman–Crippen LogP) is 5.14. The average Bonchev–Trinajstić information content (AvgIpc) is 3.12. The van der Waals surface area contributed by atoms with Gasteiger partial charge in [-0.05, 0) is 35.4 Å². The third kappa shape index (κ3) is 3.93. The standard InChI is InChI=1S/C22H15N3/c23-15-19(17-7-3-1-4-8-17)13-21-11-12-22(25-21)14-20(16-24)18-9-5-2-6-10-18/h1-14,25H/b19-13+,20-14+. The molecule has 0 aliphatic heterocycles. The molecule has 0 unspecified atom stereocenters. The molecule has 0 bridgehead atoms. The molecule has 118 valence electrons. The lowest BCUT2D eigenvalue weighted by molar-refractivity contribution is 1.34. The molecule has 0 aliphatic rings. The van der Waals surface area contributed by atoms with Gasteiger partial charge in [-0.1, -0.05) is 60.7 Å². The van der Waals surface area contributed by atoms with Gasteiger partial charge in [-0.2, -0.15) is 10.5 Å². The first-order chi connectivity index (χ1) is 12.3. The molecule has 2 aromatic carbocycles. The maximum absolute atomic E-state index is 9.39. The molecule has 0 aliphatic carbocycles. The van der Waals surface area contributed by atoms with Gasteiger partial charge in [0.15, 0.2) is 0 Å². The summed E-state index contributed by atoms with van der Waals surface area (Å²) in [6, 6.07) is 27.3. The number of H-pyrrole nitrogens is 1. The molecule has 0 spiro atoms. The first kappa shape index (κ1) is 16.1. The summed E-state index contributed by atoms with van der Waals surface area (Å²) in [7, 11) is 0. The molecule has 0 fully saturated rings. The second-order valence-electron chi connectivity index (χ2n) is 5.44. The Kier molecular flexibility index (Phi) is 4.90. The number of hydrogen-bond donors (Lipinski definition) is 1. The highest BCUT2D eigenvalue weighted by molar-refractivity contribution is 5.91. The third-order valence-corrected chi connectivity index (χ3v) is 3.74. The Morgan fingerprint density at radius 2 is 1.04 bits per heavy atom. The molecule has 1 N–H and O–H groups in total. The van der Waals surface area contributed by atoms with E-state index >= 15 is 0 Å². The fourth-order valence-corrected chi connectivity index (χ4v) is 2.50. The number of benzene rings is 2. The highest BCUT2D eigenvalue weighted by atomic mass is 14.7. The summed E-state index contributed by atoms with van der Waals surface area (Å²) in [5.41, 5.74) is 4.55. The van der Waals surface area contributed by atoms with Crippen LogP contribution in [0.25, 0.3) is 23.3 Å². The van der Waals surface area contributed by atoms with Crippen LogP contribution >= 0.6 is 0 Å². The van der Waals surface area contributed by atoms with Crippen molar-refractivity contribution in [2.24, 2.45) is 0 Å². The Hall–Kier alpha value is -3.82. The SMILES string of the molecule is N#C/C(=C\c1ccc(/C=C(\C#N)c2ccccc2)[nH]1)c1ccccc1. The van der Waals surface area contributed by atoms with Gasteiger partial charge in [0, 0.05) is 11.4 Å². The number of allylic oxidation sites excluding steroid dienone is 2. The fraction of sp³-hybridized carbons (Fsp3) is 0. The number of aromatic nitrogens is 1. The maximum atomic E-state index is 9.39. The number of hydrogen-bond acceptors (Lipinski definition) is 2. The van der Waals surface area contributed by atoms with E-state index in [1.165, 1.54) is 0 Å². The van der Waals surface area contributed by atoms with Crippen molar-refractivity contribution < 1.29 is 0 Å². The topological polar surface area (TPSA) is 63.4 Å². The molecular weight excluding hydrogens is 306 g/mol. The van der Waals surface area contributed by atoms with Gasteiger partial charge in [0.25, 0.3) is 0 Å². The summed E-state index contributed by atoms with van der Waals surface area (Å²) in [5, 5.41) is 18.8. The second-order valence-corrected chi connectivity index (χ2v) is 5.44. The van der Waals surface area contributed by atoms with E-state index in [0.29, 0.717) is 11.1 Å². The molecule has 3 heteroatoms. The normalized spacial score (nSPS) is 11.6. The van der Waals surface area contributed by atoms with Crippen molar-refractivity contribution in [3.8, 4) is 12.1 Å². The first-order valence-corrected chi connectivity index (χ1v) is 7.83. The van der Waals surface area contributed by atoms with Crippen molar-refractivity contribution in [1.29, 1.82) is 10.5 Å². The van der Waals surface area contributed by atoms with Crippen LogP contribution in [-0.2, 0) is 0 Å². The molecule has 0 saturated carbocycles. The van der Waals surface area contributed by atoms with Crippen molar-refractivity contribution in [3.63, 3.8) is 0 Å². The van der Waals surface area contributed by atoms with Crippen LogP contribution in [-0.4, -0.2) is 4.98 Å². The first-order valence-electron chi connectivity index (χ1n) is 7.83. The molecule has 1 heterocycles. The Balaban J connectivity index is 1.90. The van der Waals surface area contributed by atoms with Crippen LogP contribution in [0.3, 0.4) is 0 Å². The van der Waals surface area contributed by atoms with Gasteiger partial charge in [0.05, 0.1) is 23.3 Å². The summed E-state index contributed by atoms with van der Waals surface area (Å²) in [6.45, 7) is 0. The zero-order valence-corrected chi connectivity index (χ0v) is 13.5. The van der Waals surface area contributed by atoms with Crippen LogP contribution < -0.4 is 0 Å². The van der Waals surface area contributed by atoms with Gasteiger partial charge in [0.1, 0.15) is 0 Å². The summed E-state index contributed by atoms with van der Waals surface area (Å²) < 4.78 is 0. The number of rotatable bonds is 4. The molecule has 25 heavy (non-hydrogen) atoms. The van der Waals surface area contributed by atoms with Gasteiger partial charge in [0.2, 0.25) is 0 Å². The molecule has 3 rings (SSSR count). The summed E-state index contributed by atoms with van der Waals surface area (Å²) in [6.07, 6.45) is 3.61. The van der Waals surface area contributed by atoms with Crippen LogP contribution in [0.15, 0.2) is 72.8 Å². The van der Waals surface area contributed by atoms with Crippen molar-refractivity contribution in [2.75, 3.05) is 0 Å². The number of nitriles is 2. The maximum Gasteiger partial charge on any atom is 0.0998 e. The van der Waals surface area contributed by atoms with E-state index in [-0.39, 0.29) is 0 Å². The lowest BCUT2D eigenvalue weighted by Gasteiger charge is -1.98. The van der Waals surface area contributed by atoms with Gasteiger partial charge >= 0.3 is 0 Å². The number of aromatic amines is 1. The van der Waals surface area contributed by atoms with Crippen molar-refractivity contribution in [1.82, 2.24) is 4.98 Å². The largest absolute Gasteiger partial charge is 0.355 e. The minimum absolute atomic E-state index is 0.585. The Morgan fingerprint density at radius 3 is 1.40 bits per heavy atom. The minimum Gasteiger partial charge on any atom is -0.355 e. The lowest BCUT2D eigenvalue weighted by atomic mass is 10.1. The highest BCUT2D eigenvalue weighted by Crippen LogP contribution is 2.20. The van der Waals surface area contributed by atoms with Crippen molar-refractivity contribution >= 4 is 23.3 Å². The minimum atomic E-state index is 0.585. The molecule has 0 atom stereocenters. The molecule has 3 aromatic rings. The average molecular weight is 321 g/mol. The number of nitrogens with zero attached hydrogens (tertiary/aromatic N) is 2. The van der Waals surface area contributed by atoms with Gasteiger partial charge in [-0.3, -0.25) is 0 Å². The summed E-state index contributed by atoms with van der Waals surface area (Å²) in [5.74, 6) is 0. The molecule has 0 radical (unpaired) electrons. The van der Waals surface area contributed by atoms with E-state index in [2.05, 4.69) is 17.1 Å². The van der Waals surface area contributed by atoms with Crippen molar-refractivity contribution in [2.45, 2.75) is 0 Å². The van der Waals surface area contributed by atoms with Crippen LogP contribution in [0.1, 0.15) is 22.5 Å². The summed E-state index contributed by atoms with van der Waals surface area (Å²) in [4.78, 5) is 3.23. The Morgan fingerprint density at radius 1 is 0.640 bits per heavy atom. The van der Waals surface area contributed by atoms with Gasteiger partial charge in [-0.25, -0.2) is 0 Å². The van der Waals surface area contributed by atoms with Crippen LogP contribution in [0.2, 0.25) is 0 Å². The van der Waals surface area contributed by atoms with Crippen LogP contribution in [0.5, 0.6) is 0 Å². The molecular formula is C22H15N3. The van der Waals surface area contributed by atoms with E-state index in [4.69, 9.17) is 0 Å². The number of nitrogens with one attached hydrogen (secondary N) is 1. The Bertz CT molecular complexity index is 913. The van der Waals surface area contributed by atoms with Crippen LogP contribution in [0.4, 0.5) is 0 Å². The van der Waals surface area contributed by atoms with E-state index in [1.807, 2.05) is 72.8 Å². The third-order valence-electron chi connectivity index (χ3n) is 3.74. The molecule has 1 aromatic heterocycles. The van der Waals surface area contributed by atoms with Crippen LogP contribution in [0, 0.1) is 22.7 Å². The van der Waals surface area contributed by atoms with E-state index in [1.54, 1.807) is 12.2 Å². The van der Waals surface area contributed by atoms with E-state index < -0.39 is 0 Å². The lowest BCUT2D eigenvalue weighted by Crippen LogP contribution is -1.83. The van der Waals surface area contributed by atoms with E-state index in [0.717, 1.165) is 22.5 Å². The quantitative estimate of drug-likeness (QED) is 0.676. The summed E-state index contributed by atoms with van der Waals surface area (Å²) >= 11 is 0. The van der Waals surface area contributed by atoms with Gasteiger partial charge < -0.3 is 4.98 Å². The second kappa shape index (κ2) is 7.64. The Labute approximate surface area is 146 Å². The smallest absolute Gasteiger partial charge is 0.0998 e. The zero-order chi connectivity index (χ0) is 17.5. The van der Waals surface area contributed by atoms with Crippen molar-refractivity contribution in [3.05, 3.63) is 95.3 Å². The molecule has 3 nitrogen and oxygen atoms in total. The highest BCUT2D eigenvalue weighted by Gasteiger charge is 2.03. The molecule has 0 amide bonds. The predicted molar refractivity (Wildman–Crippen MR) is 101 cm³/mol. The van der Waals surface area contributed by atoms with E-state index in [9.17, 15) is 10.5 Å². The monoisotopic (exact) mass is 321 g/mol. The zero-order valence-electron chi connectivity index (χ0n) is 13.5. The fourth-order valence-electron chi connectivity index (χ4n) is 2.50. The molecule has 0 saturated heterocycles. The van der Waals surface area contributed by atoms with Gasteiger partial charge in [-0.15, -0.1) is 0 Å².